The van der Waals surface area contributed by atoms with E-state index in [0.29, 0.717) is 12.1 Å². The van der Waals surface area contributed by atoms with Crippen molar-refractivity contribution >= 4 is 5.69 Å². The van der Waals surface area contributed by atoms with E-state index in [9.17, 15) is 10.2 Å². The second kappa shape index (κ2) is 5.14. The predicted molar refractivity (Wildman–Crippen MR) is 76.2 cm³/mol. The van der Waals surface area contributed by atoms with Crippen LogP contribution in [0.15, 0.2) is 24.3 Å². The average Bonchev–Trinajstić information content (AvgIpc) is 2.70. The Morgan fingerprint density at radius 2 is 1.74 bits per heavy atom. The molecule has 2 heterocycles. The van der Waals surface area contributed by atoms with E-state index in [1.54, 1.807) is 0 Å². The third-order valence-electron chi connectivity index (χ3n) is 4.67. The molecule has 0 aromatic heterocycles. The molecule has 0 saturated carbocycles. The quantitative estimate of drug-likeness (QED) is 0.879. The molecular formula is C16H23NO2. The highest BCUT2D eigenvalue weighted by atomic mass is 16.3. The molecule has 2 bridgehead atoms. The maximum absolute atomic E-state index is 9.84. The van der Waals surface area contributed by atoms with Gasteiger partial charge in [0.15, 0.2) is 0 Å². The topological polar surface area (TPSA) is 43.7 Å². The number of aliphatic hydroxyl groups is 2. The van der Waals surface area contributed by atoms with Crippen LogP contribution in [-0.2, 0) is 0 Å². The molecule has 2 fully saturated rings. The number of piperidine rings is 1. The summed E-state index contributed by atoms with van der Waals surface area (Å²) >= 11 is 0. The number of hydrogen-bond donors (Lipinski definition) is 2. The monoisotopic (exact) mass is 261 g/mol. The van der Waals surface area contributed by atoms with Gasteiger partial charge in [0.25, 0.3) is 0 Å². The minimum Gasteiger partial charge on any atom is -0.393 e. The van der Waals surface area contributed by atoms with Crippen molar-refractivity contribution in [2.75, 3.05) is 4.90 Å². The van der Waals surface area contributed by atoms with Crippen molar-refractivity contribution in [1.29, 1.82) is 0 Å². The third-order valence-corrected chi connectivity index (χ3v) is 4.67. The number of aliphatic hydroxyl groups excluding tert-OH is 2. The zero-order chi connectivity index (χ0) is 13.4. The summed E-state index contributed by atoms with van der Waals surface area (Å²) in [6.07, 6.45) is 4.47. The van der Waals surface area contributed by atoms with Gasteiger partial charge < -0.3 is 15.1 Å². The molecule has 2 saturated heterocycles. The highest BCUT2D eigenvalue weighted by Gasteiger charge is 2.40. The highest BCUT2D eigenvalue weighted by molar-refractivity contribution is 5.51. The first-order valence-electron chi connectivity index (χ1n) is 7.43. The number of rotatable bonds is 3. The van der Waals surface area contributed by atoms with E-state index in [4.69, 9.17) is 0 Å². The number of fused-ring (bicyclic) bond motifs is 2. The fourth-order valence-electron chi connectivity index (χ4n) is 3.67. The molecule has 1 aromatic carbocycles. The summed E-state index contributed by atoms with van der Waals surface area (Å²) in [6.45, 7) is 1.99. The molecule has 3 atom stereocenters. The first-order chi connectivity index (χ1) is 9.19. The van der Waals surface area contributed by atoms with Crippen molar-refractivity contribution in [2.24, 2.45) is 0 Å². The summed E-state index contributed by atoms with van der Waals surface area (Å²) in [5.74, 6) is 0. The van der Waals surface area contributed by atoms with Gasteiger partial charge >= 0.3 is 0 Å². The Morgan fingerprint density at radius 3 is 2.26 bits per heavy atom. The molecule has 19 heavy (non-hydrogen) atoms. The van der Waals surface area contributed by atoms with Crippen molar-refractivity contribution in [3.63, 3.8) is 0 Å². The van der Waals surface area contributed by atoms with Gasteiger partial charge in [0.2, 0.25) is 0 Å². The fraction of sp³-hybridized carbons (Fsp3) is 0.625. The van der Waals surface area contributed by atoms with Gasteiger partial charge in [-0.25, -0.2) is 0 Å². The van der Waals surface area contributed by atoms with Crippen LogP contribution in [0.4, 0.5) is 5.69 Å². The Balaban J connectivity index is 1.80. The average molecular weight is 261 g/mol. The Hall–Kier alpha value is -1.06. The number of anilines is 1. The molecule has 2 unspecified atom stereocenters. The van der Waals surface area contributed by atoms with Crippen LogP contribution in [0, 0.1) is 0 Å². The number of hydrogen-bond acceptors (Lipinski definition) is 3. The smallest absolute Gasteiger partial charge is 0.0787 e. The minimum atomic E-state index is -0.353. The SMILES string of the molecule is CC[C@@H](O)c1ccc(N2C3CCC2CC(O)C3)cc1. The second-order valence-electron chi connectivity index (χ2n) is 5.93. The van der Waals surface area contributed by atoms with Crippen LogP contribution in [0.5, 0.6) is 0 Å². The zero-order valence-corrected chi connectivity index (χ0v) is 11.5. The van der Waals surface area contributed by atoms with Gasteiger partial charge in [-0.15, -0.1) is 0 Å². The van der Waals surface area contributed by atoms with Gasteiger partial charge in [0, 0.05) is 17.8 Å². The lowest BCUT2D eigenvalue weighted by Crippen LogP contribution is -2.44. The molecule has 1 aromatic rings. The van der Waals surface area contributed by atoms with E-state index >= 15 is 0 Å². The lowest BCUT2D eigenvalue weighted by atomic mass is 9.98. The van der Waals surface area contributed by atoms with Crippen LogP contribution in [0.2, 0.25) is 0 Å². The Labute approximate surface area is 114 Å². The van der Waals surface area contributed by atoms with Gasteiger partial charge in [-0.1, -0.05) is 19.1 Å². The van der Waals surface area contributed by atoms with Crippen LogP contribution in [0.25, 0.3) is 0 Å². The van der Waals surface area contributed by atoms with Crippen LogP contribution in [0.1, 0.15) is 50.7 Å². The van der Waals surface area contributed by atoms with Gasteiger partial charge in [0.05, 0.1) is 12.2 Å². The van der Waals surface area contributed by atoms with Crippen molar-refractivity contribution < 1.29 is 10.2 Å². The Bertz CT molecular complexity index is 417. The normalized spacial score (nSPS) is 31.5. The van der Waals surface area contributed by atoms with Crippen molar-refractivity contribution in [2.45, 2.75) is 63.3 Å². The molecule has 0 aliphatic carbocycles. The lowest BCUT2D eigenvalue weighted by molar-refractivity contribution is 0.126. The highest BCUT2D eigenvalue weighted by Crippen LogP contribution is 2.39. The van der Waals surface area contributed by atoms with E-state index in [1.165, 1.54) is 18.5 Å². The fourth-order valence-corrected chi connectivity index (χ4v) is 3.67. The molecular weight excluding hydrogens is 238 g/mol. The maximum atomic E-state index is 9.84. The zero-order valence-electron chi connectivity index (χ0n) is 11.5. The van der Waals surface area contributed by atoms with E-state index in [1.807, 2.05) is 19.1 Å². The lowest BCUT2D eigenvalue weighted by Gasteiger charge is -2.39. The summed E-state index contributed by atoms with van der Waals surface area (Å²) in [6, 6.07) is 9.31. The molecule has 2 aliphatic rings. The molecule has 0 amide bonds. The van der Waals surface area contributed by atoms with Crippen LogP contribution in [-0.4, -0.2) is 28.4 Å². The second-order valence-corrected chi connectivity index (χ2v) is 5.93. The summed E-state index contributed by atoms with van der Waals surface area (Å²) in [5, 5.41) is 19.7. The summed E-state index contributed by atoms with van der Waals surface area (Å²) < 4.78 is 0. The molecule has 2 aliphatic heterocycles. The number of nitrogens with zero attached hydrogens (tertiary/aromatic N) is 1. The van der Waals surface area contributed by atoms with Crippen LogP contribution in [0.3, 0.4) is 0 Å². The van der Waals surface area contributed by atoms with Gasteiger partial charge in [0.1, 0.15) is 0 Å². The van der Waals surface area contributed by atoms with E-state index < -0.39 is 0 Å². The van der Waals surface area contributed by atoms with Crippen LogP contribution >= 0.6 is 0 Å². The predicted octanol–water partition coefficient (Wildman–Crippen LogP) is 2.62. The molecule has 104 valence electrons. The van der Waals surface area contributed by atoms with Gasteiger partial charge in [-0.2, -0.15) is 0 Å². The Morgan fingerprint density at radius 1 is 1.16 bits per heavy atom. The molecule has 3 nitrogen and oxygen atoms in total. The van der Waals surface area contributed by atoms with Crippen LogP contribution < -0.4 is 4.90 Å². The summed E-state index contributed by atoms with van der Waals surface area (Å²) in [7, 11) is 0. The molecule has 2 N–H and O–H groups in total. The van der Waals surface area contributed by atoms with Crippen molar-refractivity contribution in [3.05, 3.63) is 29.8 Å². The first-order valence-corrected chi connectivity index (χ1v) is 7.43. The molecule has 3 rings (SSSR count). The molecule has 0 spiro atoms. The van der Waals surface area contributed by atoms with Gasteiger partial charge in [-0.3, -0.25) is 0 Å². The third kappa shape index (κ3) is 2.37. The van der Waals surface area contributed by atoms with E-state index in [0.717, 1.165) is 24.8 Å². The van der Waals surface area contributed by atoms with E-state index in [2.05, 4.69) is 17.0 Å². The minimum absolute atomic E-state index is 0.116. The first kappa shape index (κ1) is 12.9. The summed E-state index contributed by atoms with van der Waals surface area (Å²) in [5.41, 5.74) is 2.24. The summed E-state index contributed by atoms with van der Waals surface area (Å²) in [4.78, 5) is 2.48. The van der Waals surface area contributed by atoms with E-state index in [-0.39, 0.29) is 12.2 Å². The largest absolute Gasteiger partial charge is 0.393 e. The molecule has 0 radical (unpaired) electrons. The molecule has 3 heteroatoms. The van der Waals surface area contributed by atoms with Gasteiger partial charge in [-0.05, 0) is 49.8 Å². The standard InChI is InChI=1S/C16H23NO2/c1-2-16(19)11-3-5-12(6-4-11)17-13-7-8-14(17)10-15(18)9-13/h3-6,13-16,18-19H,2,7-10H2,1H3/t13?,14?,15?,16-/m1/s1. The Kier molecular flexibility index (Phi) is 3.50. The number of benzene rings is 1. The van der Waals surface area contributed by atoms with Crippen molar-refractivity contribution in [3.8, 4) is 0 Å². The van der Waals surface area contributed by atoms with Crippen molar-refractivity contribution in [1.82, 2.24) is 0 Å². The maximum Gasteiger partial charge on any atom is 0.0787 e.